The van der Waals surface area contributed by atoms with Gasteiger partial charge in [-0.05, 0) is 29.7 Å². The van der Waals surface area contributed by atoms with E-state index in [2.05, 4.69) is 24.4 Å². The predicted molar refractivity (Wildman–Crippen MR) is 86.0 cm³/mol. The van der Waals surface area contributed by atoms with Crippen molar-refractivity contribution >= 4 is 11.8 Å². The van der Waals surface area contributed by atoms with E-state index in [4.69, 9.17) is 0 Å². The number of hydrogen-bond donors (Lipinski definition) is 3. The summed E-state index contributed by atoms with van der Waals surface area (Å²) in [4.78, 5) is 1.03. The van der Waals surface area contributed by atoms with Crippen molar-refractivity contribution in [2.24, 2.45) is 0 Å². The number of thioether (sulfide) groups is 1. The molecule has 0 radical (unpaired) electrons. The van der Waals surface area contributed by atoms with Crippen molar-refractivity contribution in [3.05, 3.63) is 53.6 Å². The maximum absolute atomic E-state index is 9.87. The SMILES string of the molecule is CCC1CSc2cc(O)c(O)cc2C(c2ccccc2)N1. The summed E-state index contributed by atoms with van der Waals surface area (Å²) in [6.07, 6.45) is 1.04. The Morgan fingerprint density at radius 1 is 1.14 bits per heavy atom. The number of hydrogen-bond acceptors (Lipinski definition) is 4. The zero-order chi connectivity index (χ0) is 14.8. The largest absolute Gasteiger partial charge is 0.504 e. The van der Waals surface area contributed by atoms with Gasteiger partial charge in [0.1, 0.15) is 0 Å². The van der Waals surface area contributed by atoms with Crippen molar-refractivity contribution in [1.29, 1.82) is 0 Å². The average Bonchev–Trinajstić information content (AvgIpc) is 2.68. The smallest absolute Gasteiger partial charge is 0.158 e. The molecule has 1 aliphatic rings. The van der Waals surface area contributed by atoms with E-state index >= 15 is 0 Å². The van der Waals surface area contributed by atoms with Gasteiger partial charge in [-0.3, -0.25) is 0 Å². The van der Waals surface area contributed by atoms with Crippen molar-refractivity contribution in [2.45, 2.75) is 30.3 Å². The number of rotatable bonds is 2. The number of nitrogens with one attached hydrogen (secondary N) is 1. The highest BCUT2D eigenvalue weighted by atomic mass is 32.2. The molecule has 1 heterocycles. The van der Waals surface area contributed by atoms with Gasteiger partial charge in [0, 0.05) is 16.7 Å². The molecule has 4 heteroatoms. The van der Waals surface area contributed by atoms with Gasteiger partial charge in [0.05, 0.1) is 6.04 Å². The molecule has 0 fully saturated rings. The minimum Gasteiger partial charge on any atom is -0.504 e. The van der Waals surface area contributed by atoms with E-state index in [1.807, 2.05) is 18.2 Å². The van der Waals surface area contributed by atoms with Crippen LogP contribution in [0.5, 0.6) is 11.5 Å². The highest BCUT2D eigenvalue weighted by molar-refractivity contribution is 7.99. The lowest BCUT2D eigenvalue weighted by Crippen LogP contribution is -2.33. The summed E-state index contributed by atoms with van der Waals surface area (Å²) in [7, 11) is 0. The van der Waals surface area contributed by atoms with Crippen molar-refractivity contribution in [3.63, 3.8) is 0 Å². The Morgan fingerprint density at radius 3 is 2.57 bits per heavy atom. The standard InChI is InChI=1S/C17H19NO2S/c1-2-12-10-21-16-9-15(20)14(19)8-13(16)17(18-12)11-6-4-3-5-7-11/h3-9,12,17-20H,2,10H2,1H3. The van der Waals surface area contributed by atoms with Crippen LogP contribution in [0.2, 0.25) is 0 Å². The Hall–Kier alpha value is -1.65. The maximum atomic E-state index is 9.87. The second-order valence-electron chi connectivity index (χ2n) is 5.31. The van der Waals surface area contributed by atoms with Gasteiger partial charge in [-0.2, -0.15) is 0 Å². The summed E-state index contributed by atoms with van der Waals surface area (Å²) in [5.41, 5.74) is 2.20. The molecule has 0 saturated carbocycles. The van der Waals surface area contributed by atoms with Gasteiger partial charge >= 0.3 is 0 Å². The Kier molecular flexibility index (Phi) is 4.08. The Morgan fingerprint density at radius 2 is 1.86 bits per heavy atom. The summed E-state index contributed by atoms with van der Waals surface area (Å²) >= 11 is 1.73. The molecular weight excluding hydrogens is 282 g/mol. The van der Waals surface area contributed by atoms with Crippen LogP contribution in [0.4, 0.5) is 0 Å². The van der Waals surface area contributed by atoms with Gasteiger partial charge in [-0.25, -0.2) is 0 Å². The molecule has 0 aliphatic carbocycles. The molecule has 2 aromatic carbocycles. The molecule has 2 aromatic rings. The lowest BCUT2D eigenvalue weighted by atomic mass is 9.97. The fourth-order valence-electron chi connectivity index (χ4n) is 2.65. The zero-order valence-corrected chi connectivity index (χ0v) is 12.7. The van der Waals surface area contributed by atoms with Gasteiger partial charge < -0.3 is 15.5 Å². The topological polar surface area (TPSA) is 52.5 Å². The molecule has 0 bridgehead atoms. The first-order valence-corrected chi connectivity index (χ1v) is 8.17. The third-order valence-electron chi connectivity index (χ3n) is 3.89. The van der Waals surface area contributed by atoms with Gasteiger partial charge in [-0.1, -0.05) is 37.3 Å². The van der Waals surface area contributed by atoms with Gasteiger partial charge in [0.2, 0.25) is 0 Å². The molecule has 0 spiro atoms. The normalized spacial score (nSPS) is 21.6. The fourth-order valence-corrected chi connectivity index (χ4v) is 3.90. The number of phenolic OH excluding ortho intramolecular Hbond substituents is 2. The Bertz CT molecular complexity index is 630. The van der Waals surface area contributed by atoms with Crippen LogP contribution >= 0.6 is 11.8 Å². The summed E-state index contributed by atoms with van der Waals surface area (Å²) < 4.78 is 0. The van der Waals surface area contributed by atoms with Crippen molar-refractivity contribution < 1.29 is 10.2 Å². The highest BCUT2D eigenvalue weighted by Gasteiger charge is 2.26. The van der Waals surface area contributed by atoms with Crippen molar-refractivity contribution in [3.8, 4) is 11.5 Å². The first-order chi connectivity index (χ1) is 10.2. The molecule has 21 heavy (non-hydrogen) atoms. The van der Waals surface area contributed by atoms with Crippen LogP contribution in [0.1, 0.15) is 30.5 Å². The molecule has 110 valence electrons. The van der Waals surface area contributed by atoms with Crippen LogP contribution < -0.4 is 5.32 Å². The molecule has 1 aliphatic heterocycles. The lowest BCUT2D eigenvalue weighted by molar-refractivity contribution is 0.400. The average molecular weight is 301 g/mol. The Labute approximate surface area is 129 Å². The van der Waals surface area contributed by atoms with Crippen molar-refractivity contribution in [1.82, 2.24) is 5.32 Å². The highest BCUT2D eigenvalue weighted by Crippen LogP contribution is 2.41. The minimum atomic E-state index is -0.0629. The second-order valence-corrected chi connectivity index (χ2v) is 6.37. The molecular formula is C17H19NO2S. The number of phenols is 2. The first-order valence-electron chi connectivity index (χ1n) is 7.18. The molecule has 2 unspecified atom stereocenters. The van der Waals surface area contributed by atoms with E-state index in [1.165, 1.54) is 5.56 Å². The van der Waals surface area contributed by atoms with Crippen LogP contribution in [0, 0.1) is 0 Å². The second kappa shape index (κ2) is 6.00. The Balaban J connectivity index is 2.10. The molecule has 0 saturated heterocycles. The zero-order valence-electron chi connectivity index (χ0n) is 11.9. The number of benzene rings is 2. The number of aromatic hydroxyl groups is 2. The third kappa shape index (κ3) is 2.87. The van der Waals surface area contributed by atoms with Crippen LogP contribution in [0.25, 0.3) is 0 Å². The molecule has 0 amide bonds. The summed E-state index contributed by atoms with van der Waals surface area (Å²) in [5.74, 6) is 0.840. The van der Waals surface area contributed by atoms with E-state index in [-0.39, 0.29) is 17.5 Å². The van der Waals surface area contributed by atoms with Gasteiger partial charge in [0.15, 0.2) is 11.5 Å². The van der Waals surface area contributed by atoms with Crippen LogP contribution in [0.15, 0.2) is 47.4 Å². The minimum absolute atomic E-state index is 0.0349. The van der Waals surface area contributed by atoms with Crippen LogP contribution in [-0.2, 0) is 0 Å². The molecule has 0 aromatic heterocycles. The van der Waals surface area contributed by atoms with Gasteiger partial charge in [-0.15, -0.1) is 11.8 Å². The fraction of sp³-hybridized carbons (Fsp3) is 0.294. The summed E-state index contributed by atoms with van der Waals surface area (Å²) in [5, 5.41) is 23.3. The third-order valence-corrected chi connectivity index (χ3v) is 5.12. The van der Waals surface area contributed by atoms with Gasteiger partial charge in [0.25, 0.3) is 0 Å². The van der Waals surface area contributed by atoms with E-state index in [0.717, 1.165) is 22.6 Å². The van der Waals surface area contributed by atoms with E-state index < -0.39 is 0 Å². The molecule has 3 nitrogen and oxygen atoms in total. The number of fused-ring (bicyclic) bond motifs is 1. The van der Waals surface area contributed by atoms with E-state index in [1.54, 1.807) is 23.9 Å². The monoisotopic (exact) mass is 301 g/mol. The van der Waals surface area contributed by atoms with E-state index in [0.29, 0.717) is 6.04 Å². The molecule has 3 N–H and O–H groups in total. The quantitative estimate of drug-likeness (QED) is 0.741. The maximum Gasteiger partial charge on any atom is 0.158 e. The van der Waals surface area contributed by atoms with Crippen LogP contribution in [-0.4, -0.2) is 22.0 Å². The molecule has 3 rings (SSSR count). The van der Waals surface area contributed by atoms with Crippen LogP contribution in [0.3, 0.4) is 0 Å². The first kappa shape index (κ1) is 14.3. The van der Waals surface area contributed by atoms with E-state index in [9.17, 15) is 10.2 Å². The predicted octanol–water partition coefficient (Wildman–Crippen LogP) is 3.66. The summed E-state index contributed by atoms with van der Waals surface area (Å²) in [6, 6.07) is 14.0. The lowest BCUT2D eigenvalue weighted by Gasteiger charge is -2.23. The van der Waals surface area contributed by atoms with Crippen molar-refractivity contribution in [2.75, 3.05) is 5.75 Å². The summed E-state index contributed by atoms with van der Waals surface area (Å²) in [6.45, 7) is 2.17. The molecule has 2 atom stereocenters.